The van der Waals surface area contributed by atoms with Crippen LogP contribution < -0.4 is 5.32 Å². The lowest BCUT2D eigenvalue weighted by Crippen LogP contribution is -2.58. The van der Waals surface area contributed by atoms with Crippen LogP contribution in [-0.4, -0.2) is 89.6 Å². The molecule has 1 saturated carbocycles. The number of carbonyl (C=O) groups is 1. The second-order valence-corrected chi connectivity index (χ2v) is 11.6. The summed E-state index contributed by atoms with van der Waals surface area (Å²) in [5.41, 5.74) is 0. The van der Waals surface area contributed by atoms with Crippen molar-refractivity contribution >= 4 is 32.7 Å². The minimum atomic E-state index is -3.56. The molecule has 0 bridgehead atoms. The standard InChI is InChI=1S/C19H32N6O4S2/c1-14-12-25(13-15(2)29-14)31(27,28)24-10-8-23(9-11-24)19(26)20-18-22-21-17(30-18)16-6-4-3-5-7-16/h14-16H,3-13H2,1-2H3,(H,20,22,26). The molecule has 2 unspecified atom stereocenters. The molecule has 4 rings (SSSR count). The number of aromatic nitrogens is 2. The number of anilines is 1. The van der Waals surface area contributed by atoms with Crippen LogP contribution in [-0.2, 0) is 14.9 Å². The van der Waals surface area contributed by atoms with Gasteiger partial charge in [0, 0.05) is 45.2 Å². The van der Waals surface area contributed by atoms with E-state index in [0.29, 0.717) is 37.2 Å². The SMILES string of the molecule is CC1CN(S(=O)(=O)N2CCN(C(=O)Nc3nnc(C4CCCCC4)s3)CC2)CC(C)O1. The van der Waals surface area contributed by atoms with Gasteiger partial charge >= 0.3 is 6.03 Å². The summed E-state index contributed by atoms with van der Waals surface area (Å²) in [4.78, 5) is 14.3. The van der Waals surface area contributed by atoms with Gasteiger partial charge in [-0.05, 0) is 26.7 Å². The van der Waals surface area contributed by atoms with E-state index in [2.05, 4.69) is 15.5 Å². The van der Waals surface area contributed by atoms with Gasteiger partial charge in [-0.25, -0.2) is 4.79 Å². The molecule has 2 aliphatic heterocycles. The molecule has 3 heterocycles. The number of amides is 2. The Balaban J connectivity index is 1.29. The molecule has 0 aromatic carbocycles. The van der Waals surface area contributed by atoms with Gasteiger partial charge in [-0.15, -0.1) is 10.2 Å². The molecule has 1 aromatic heterocycles. The number of urea groups is 1. The van der Waals surface area contributed by atoms with E-state index >= 15 is 0 Å². The van der Waals surface area contributed by atoms with Crippen LogP contribution in [0.4, 0.5) is 9.93 Å². The number of hydrogen-bond acceptors (Lipinski definition) is 7. The fourth-order valence-electron chi connectivity index (χ4n) is 4.57. The normalized spacial score (nSPS) is 27.4. The second-order valence-electron chi connectivity index (χ2n) is 8.68. The van der Waals surface area contributed by atoms with Crippen LogP contribution in [0.5, 0.6) is 0 Å². The Morgan fingerprint density at radius 1 is 1.00 bits per heavy atom. The summed E-state index contributed by atoms with van der Waals surface area (Å²) in [6, 6.07) is -0.253. The summed E-state index contributed by atoms with van der Waals surface area (Å²) >= 11 is 1.45. The molecule has 3 fully saturated rings. The zero-order chi connectivity index (χ0) is 22.0. The Bertz CT molecular complexity index is 855. The molecule has 12 heteroatoms. The molecule has 0 spiro atoms. The lowest BCUT2D eigenvalue weighted by Gasteiger charge is -2.40. The van der Waals surface area contributed by atoms with Gasteiger partial charge in [-0.2, -0.15) is 17.0 Å². The third-order valence-electron chi connectivity index (χ3n) is 6.17. The van der Waals surface area contributed by atoms with E-state index < -0.39 is 10.2 Å². The zero-order valence-electron chi connectivity index (χ0n) is 18.2. The van der Waals surface area contributed by atoms with Gasteiger partial charge in [0.1, 0.15) is 5.01 Å². The Kier molecular flexibility index (Phi) is 7.11. The first-order valence-electron chi connectivity index (χ1n) is 11.1. The summed E-state index contributed by atoms with van der Waals surface area (Å²) in [6.45, 7) is 5.71. The van der Waals surface area contributed by atoms with E-state index in [4.69, 9.17) is 4.74 Å². The molecule has 2 amide bonds. The number of morpholine rings is 1. The Labute approximate surface area is 188 Å². The largest absolute Gasteiger partial charge is 0.373 e. The summed E-state index contributed by atoms with van der Waals surface area (Å²) < 4.78 is 34.6. The third-order valence-corrected chi connectivity index (χ3v) is 9.14. The van der Waals surface area contributed by atoms with Crippen molar-refractivity contribution in [2.45, 2.75) is 64.1 Å². The molecule has 10 nitrogen and oxygen atoms in total. The third kappa shape index (κ3) is 5.36. The fraction of sp³-hybridized carbons (Fsp3) is 0.842. The number of piperazine rings is 1. The first-order valence-corrected chi connectivity index (χ1v) is 13.3. The highest BCUT2D eigenvalue weighted by molar-refractivity contribution is 7.86. The van der Waals surface area contributed by atoms with E-state index in [0.717, 1.165) is 17.8 Å². The van der Waals surface area contributed by atoms with Gasteiger partial charge in [0.2, 0.25) is 5.13 Å². The minimum absolute atomic E-state index is 0.129. The van der Waals surface area contributed by atoms with Gasteiger partial charge in [-0.1, -0.05) is 30.6 Å². The van der Waals surface area contributed by atoms with E-state index in [-0.39, 0.29) is 31.3 Å². The van der Waals surface area contributed by atoms with Gasteiger partial charge in [-0.3, -0.25) is 5.32 Å². The quantitative estimate of drug-likeness (QED) is 0.719. The van der Waals surface area contributed by atoms with Crippen molar-refractivity contribution < 1.29 is 17.9 Å². The molecule has 31 heavy (non-hydrogen) atoms. The molecule has 2 saturated heterocycles. The summed E-state index contributed by atoms with van der Waals surface area (Å²) in [5.74, 6) is 0.455. The number of nitrogens with zero attached hydrogens (tertiary/aromatic N) is 5. The van der Waals surface area contributed by atoms with E-state index in [1.807, 2.05) is 13.8 Å². The minimum Gasteiger partial charge on any atom is -0.373 e. The predicted octanol–water partition coefficient (Wildman–Crippen LogP) is 2.09. The van der Waals surface area contributed by atoms with Gasteiger partial charge in [0.05, 0.1) is 12.2 Å². The molecule has 0 radical (unpaired) electrons. The topological polar surface area (TPSA) is 108 Å². The van der Waals surface area contributed by atoms with Crippen LogP contribution in [0, 0.1) is 0 Å². The fourth-order valence-corrected chi connectivity index (χ4v) is 7.22. The maximum absolute atomic E-state index is 13.0. The highest BCUT2D eigenvalue weighted by Crippen LogP contribution is 2.35. The maximum Gasteiger partial charge on any atom is 0.323 e. The average Bonchev–Trinajstić information content (AvgIpc) is 3.22. The summed E-state index contributed by atoms with van der Waals surface area (Å²) in [7, 11) is -3.56. The summed E-state index contributed by atoms with van der Waals surface area (Å²) in [5, 5.41) is 12.8. The first kappa shape index (κ1) is 22.8. The lowest BCUT2D eigenvalue weighted by atomic mass is 9.90. The molecule has 174 valence electrons. The molecular formula is C19H32N6O4S2. The molecule has 3 aliphatic rings. The molecule has 1 aromatic rings. The highest BCUT2D eigenvalue weighted by Gasteiger charge is 2.37. The number of nitrogens with one attached hydrogen (secondary N) is 1. The number of carbonyl (C=O) groups excluding carboxylic acids is 1. The van der Waals surface area contributed by atoms with Crippen molar-refractivity contribution in [1.82, 2.24) is 23.7 Å². The van der Waals surface area contributed by atoms with Crippen LogP contribution in [0.2, 0.25) is 0 Å². The van der Waals surface area contributed by atoms with E-state index in [9.17, 15) is 13.2 Å². The van der Waals surface area contributed by atoms with Crippen LogP contribution in [0.1, 0.15) is 56.9 Å². The van der Waals surface area contributed by atoms with Crippen LogP contribution in [0.25, 0.3) is 0 Å². The Morgan fingerprint density at radius 3 is 2.29 bits per heavy atom. The van der Waals surface area contributed by atoms with Crippen molar-refractivity contribution in [2.24, 2.45) is 0 Å². The molecule has 1 N–H and O–H groups in total. The highest BCUT2D eigenvalue weighted by atomic mass is 32.2. The van der Waals surface area contributed by atoms with Gasteiger partial charge in [0.25, 0.3) is 10.2 Å². The van der Waals surface area contributed by atoms with Crippen LogP contribution >= 0.6 is 11.3 Å². The first-order chi connectivity index (χ1) is 14.8. The van der Waals surface area contributed by atoms with Crippen molar-refractivity contribution in [1.29, 1.82) is 0 Å². The van der Waals surface area contributed by atoms with Gasteiger partial charge < -0.3 is 9.64 Å². The smallest absolute Gasteiger partial charge is 0.323 e. The van der Waals surface area contributed by atoms with Crippen LogP contribution in [0.3, 0.4) is 0 Å². The Hall–Kier alpha value is -1.34. The average molecular weight is 473 g/mol. The van der Waals surface area contributed by atoms with Crippen molar-refractivity contribution in [3.05, 3.63) is 5.01 Å². The number of hydrogen-bond donors (Lipinski definition) is 1. The second kappa shape index (κ2) is 9.65. The van der Waals surface area contributed by atoms with Gasteiger partial charge in [0.15, 0.2) is 0 Å². The number of rotatable bonds is 4. The molecule has 2 atom stereocenters. The predicted molar refractivity (Wildman–Crippen MR) is 118 cm³/mol. The van der Waals surface area contributed by atoms with Crippen LogP contribution in [0.15, 0.2) is 0 Å². The van der Waals surface area contributed by atoms with E-state index in [1.54, 1.807) is 4.90 Å². The maximum atomic E-state index is 13.0. The summed E-state index contributed by atoms with van der Waals surface area (Å²) in [6.07, 6.45) is 5.75. The zero-order valence-corrected chi connectivity index (χ0v) is 19.8. The van der Waals surface area contributed by atoms with Crippen molar-refractivity contribution in [2.75, 3.05) is 44.6 Å². The van der Waals surface area contributed by atoms with Crippen molar-refractivity contribution in [3.8, 4) is 0 Å². The molecule has 1 aliphatic carbocycles. The van der Waals surface area contributed by atoms with Crippen molar-refractivity contribution in [3.63, 3.8) is 0 Å². The number of ether oxygens (including phenoxy) is 1. The monoisotopic (exact) mass is 472 g/mol. The Morgan fingerprint density at radius 2 is 1.65 bits per heavy atom. The lowest BCUT2D eigenvalue weighted by molar-refractivity contribution is -0.0456. The molecular weight excluding hydrogens is 440 g/mol. The van der Waals surface area contributed by atoms with E-state index in [1.165, 1.54) is 39.2 Å².